The lowest BCUT2D eigenvalue weighted by molar-refractivity contribution is 0.256. The van der Waals surface area contributed by atoms with E-state index in [4.69, 9.17) is 0 Å². The minimum absolute atomic E-state index is 0.00833. The number of hydrogen-bond donors (Lipinski definition) is 1. The Kier molecular flexibility index (Phi) is 1.94. The van der Waals surface area contributed by atoms with Gasteiger partial charge in [-0.2, -0.15) is 0 Å². The highest BCUT2D eigenvalue weighted by Gasteiger charge is 2.23. The van der Waals surface area contributed by atoms with Gasteiger partial charge in [-0.25, -0.2) is 4.79 Å². The molecule has 0 fully saturated rings. The Morgan fingerprint density at radius 1 is 1.44 bits per heavy atom. The van der Waals surface area contributed by atoms with E-state index in [0.717, 1.165) is 24.0 Å². The highest BCUT2D eigenvalue weighted by atomic mass is 16.1. The molecule has 0 unspecified atom stereocenters. The number of hydrogen-bond acceptors (Lipinski definition) is 2. The smallest absolute Gasteiger partial charge is 0.306 e. The van der Waals surface area contributed by atoms with Gasteiger partial charge in [-0.1, -0.05) is 12.1 Å². The van der Waals surface area contributed by atoms with Crippen molar-refractivity contribution in [2.24, 2.45) is 0 Å². The second-order valence-corrected chi connectivity index (χ2v) is 4.68. The van der Waals surface area contributed by atoms with Crippen LogP contribution in [0.15, 0.2) is 23.0 Å². The molecule has 16 heavy (non-hydrogen) atoms. The predicted octanol–water partition coefficient (Wildman–Crippen LogP) is 0.816. The van der Waals surface area contributed by atoms with Gasteiger partial charge in [0, 0.05) is 12.6 Å². The van der Waals surface area contributed by atoms with Crippen LogP contribution in [-0.4, -0.2) is 34.6 Å². The number of rotatable bonds is 1. The van der Waals surface area contributed by atoms with Crippen LogP contribution >= 0.6 is 0 Å². The molecule has 84 valence electrons. The fourth-order valence-electron chi connectivity index (χ4n) is 2.51. The number of likely N-dealkylation sites (N-methyl/N-ethyl adjacent to an activating group) is 1. The molecule has 4 heteroatoms. The Balaban J connectivity index is 2.25. The monoisotopic (exact) mass is 217 g/mol. The molecular weight excluding hydrogens is 202 g/mol. The third-order valence-corrected chi connectivity index (χ3v) is 3.46. The lowest BCUT2D eigenvalue weighted by atomic mass is 10.00. The molecule has 1 aliphatic rings. The van der Waals surface area contributed by atoms with Gasteiger partial charge >= 0.3 is 5.69 Å². The van der Waals surface area contributed by atoms with Gasteiger partial charge in [-0.05, 0) is 32.1 Å². The van der Waals surface area contributed by atoms with Crippen LogP contribution < -0.4 is 5.69 Å². The largest absolute Gasteiger partial charge is 0.326 e. The summed E-state index contributed by atoms with van der Waals surface area (Å²) in [5, 5.41) is 0. The summed E-state index contributed by atoms with van der Waals surface area (Å²) in [4.78, 5) is 16.9. The third-order valence-electron chi connectivity index (χ3n) is 3.46. The van der Waals surface area contributed by atoms with Crippen molar-refractivity contribution in [3.8, 4) is 0 Å². The first-order chi connectivity index (χ1) is 7.66. The summed E-state index contributed by atoms with van der Waals surface area (Å²) in [5.74, 6) is 0. The van der Waals surface area contributed by atoms with Crippen LogP contribution in [0.4, 0.5) is 0 Å². The van der Waals surface area contributed by atoms with Gasteiger partial charge in [0.05, 0.1) is 11.0 Å². The first kappa shape index (κ1) is 9.66. The van der Waals surface area contributed by atoms with Crippen LogP contribution in [0.1, 0.15) is 5.56 Å². The molecule has 0 spiro atoms. The van der Waals surface area contributed by atoms with Gasteiger partial charge in [-0.3, -0.25) is 4.57 Å². The zero-order chi connectivity index (χ0) is 11.3. The molecule has 1 atom stereocenters. The summed E-state index contributed by atoms with van der Waals surface area (Å²) in [7, 11) is 4.13. The van der Waals surface area contributed by atoms with E-state index >= 15 is 0 Å². The van der Waals surface area contributed by atoms with Crippen LogP contribution in [-0.2, 0) is 13.0 Å². The van der Waals surface area contributed by atoms with Crippen LogP contribution in [0, 0.1) is 0 Å². The summed E-state index contributed by atoms with van der Waals surface area (Å²) >= 11 is 0. The minimum Gasteiger partial charge on any atom is -0.306 e. The van der Waals surface area contributed by atoms with E-state index in [0.29, 0.717) is 6.04 Å². The molecule has 0 aliphatic carbocycles. The number of para-hydroxylation sites is 1. The van der Waals surface area contributed by atoms with Gasteiger partial charge in [0.1, 0.15) is 0 Å². The number of nitrogens with one attached hydrogen (secondary N) is 1. The number of benzene rings is 1. The maximum absolute atomic E-state index is 11.8. The molecule has 3 rings (SSSR count). The number of nitrogens with zero attached hydrogens (tertiary/aromatic N) is 2. The van der Waals surface area contributed by atoms with Crippen LogP contribution in [0.2, 0.25) is 0 Å². The standard InChI is InChI=1S/C12H15N3O/c1-14(2)9-6-8-4-3-5-10-11(8)15(7-9)12(16)13-10/h3-5,9H,6-7H2,1-2H3,(H,13,16)/t9-/m1/s1. The lowest BCUT2D eigenvalue weighted by Gasteiger charge is -2.28. The first-order valence-electron chi connectivity index (χ1n) is 5.53. The molecule has 0 saturated heterocycles. The summed E-state index contributed by atoms with van der Waals surface area (Å²) in [5.41, 5.74) is 3.32. The van der Waals surface area contributed by atoms with Crippen molar-refractivity contribution < 1.29 is 0 Å². The van der Waals surface area contributed by atoms with E-state index in [1.165, 1.54) is 5.56 Å². The van der Waals surface area contributed by atoms with Crippen molar-refractivity contribution in [3.63, 3.8) is 0 Å². The maximum atomic E-state index is 11.8. The van der Waals surface area contributed by atoms with E-state index in [1.807, 2.05) is 16.7 Å². The van der Waals surface area contributed by atoms with Crippen LogP contribution in [0.5, 0.6) is 0 Å². The summed E-state index contributed by atoms with van der Waals surface area (Å²) < 4.78 is 1.86. The SMILES string of the molecule is CN(C)[C@@H]1Cc2cccc3[nH]c(=O)n(c23)C1. The molecular formula is C12H15N3O. The molecule has 0 radical (unpaired) electrons. The van der Waals surface area contributed by atoms with Crippen LogP contribution in [0.3, 0.4) is 0 Å². The van der Waals surface area contributed by atoms with Crippen molar-refractivity contribution in [1.82, 2.24) is 14.5 Å². The molecule has 2 aromatic rings. The Labute approximate surface area is 93.5 Å². The minimum atomic E-state index is 0.00833. The van der Waals surface area contributed by atoms with Crippen molar-refractivity contribution in [2.45, 2.75) is 19.0 Å². The van der Waals surface area contributed by atoms with Crippen molar-refractivity contribution in [2.75, 3.05) is 14.1 Å². The molecule has 1 N–H and O–H groups in total. The zero-order valence-electron chi connectivity index (χ0n) is 9.53. The molecule has 4 nitrogen and oxygen atoms in total. The normalized spacial score (nSPS) is 19.6. The summed E-state index contributed by atoms with van der Waals surface area (Å²) in [6.07, 6.45) is 1.02. The highest BCUT2D eigenvalue weighted by Crippen LogP contribution is 2.23. The Bertz CT molecular complexity index is 594. The van der Waals surface area contributed by atoms with Gasteiger partial charge in [0.2, 0.25) is 0 Å². The van der Waals surface area contributed by atoms with Gasteiger partial charge in [0.25, 0.3) is 0 Å². The quantitative estimate of drug-likeness (QED) is 0.768. The first-order valence-corrected chi connectivity index (χ1v) is 5.53. The van der Waals surface area contributed by atoms with E-state index < -0.39 is 0 Å². The molecule has 0 saturated carbocycles. The Morgan fingerprint density at radius 3 is 3.00 bits per heavy atom. The zero-order valence-corrected chi connectivity index (χ0v) is 9.53. The van der Waals surface area contributed by atoms with Crippen molar-refractivity contribution in [3.05, 3.63) is 34.2 Å². The Hall–Kier alpha value is -1.55. The van der Waals surface area contributed by atoms with Gasteiger partial charge < -0.3 is 9.88 Å². The van der Waals surface area contributed by atoms with E-state index in [2.05, 4.69) is 30.0 Å². The molecule has 1 aromatic heterocycles. The molecule has 1 aliphatic heterocycles. The average Bonchev–Trinajstić information content (AvgIpc) is 2.58. The van der Waals surface area contributed by atoms with Gasteiger partial charge in [-0.15, -0.1) is 0 Å². The second-order valence-electron chi connectivity index (χ2n) is 4.68. The summed E-state index contributed by atoms with van der Waals surface area (Å²) in [6, 6.07) is 6.50. The third kappa shape index (κ3) is 1.23. The topological polar surface area (TPSA) is 41.0 Å². The van der Waals surface area contributed by atoms with Crippen molar-refractivity contribution in [1.29, 1.82) is 0 Å². The van der Waals surface area contributed by atoms with E-state index in [9.17, 15) is 4.79 Å². The predicted molar refractivity (Wildman–Crippen MR) is 63.7 cm³/mol. The molecule has 2 heterocycles. The number of aromatic nitrogens is 2. The molecule has 0 amide bonds. The summed E-state index contributed by atoms with van der Waals surface area (Å²) in [6.45, 7) is 0.781. The maximum Gasteiger partial charge on any atom is 0.326 e. The Morgan fingerprint density at radius 2 is 2.25 bits per heavy atom. The number of aromatic amines is 1. The number of imidazole rings is 1. The molecule has 1 aromatic carbocycles. The van der Waals surface area contributed by atoms with Gasteiger partial charge in [0.15, 0.2) is 0 Å². The van der Waals surface area contributed by atoms with E-state index in [1.54, 1.807) is 0 Å². The average molecular weight is 217 g/mol. The van der Waals surface area contributed by atoms with Crippen molar-refractivity contribution >= 4 is 11.0 Å². The lowest BCUT2D eigenvalue weighted by Crippen LogP contribution is -2.39. The highest BCUT2D eigenvalue weighted by molar-refractivity contribution is 5.79. The fraction of sp³-hybridized carbons (Fsp3) is 0.417. The molecule has 0 bridgehead atoms. The van der Waals surface area contributed by atoms with E-state index in [-0.39, 0.29) is 5.69 Å². The fourth-order valence-corrected chi connectivity index (χ4v) is 2.51. The van der Waals surface area contributed by atoms with Crippen LogP contribution in [0.25, 0.3) is 11.0 Å². The second kappa shape index (κ2) is 3.22. The number of H-pyrrole nitrogens is 1.